The van der Waals surface area contributed by atoms with Crippen molar-refractivity contribution in [3.05, 3.63) is 82.4 Å². The van der Waals surface area contributed by atoms with Crippen molar-refractivity contribution in [2.75, 3.05) is 10.6 Å². The number of urea groups is 1. The number of fused-ring (bicyclic) bond motifs is 1. The second-order valence-electron chi connectivity index (χ2n) is 6.63. The van der Waals surface area contributed by atoms with Gasteiger partial charge in [-0.25, -0.2) is 4.79 Å². The number of hydrogen-bond acceptors (Lipinski definition) is 2. The normalized spacial score (nSPS) is 12.3. The molecule has 0 fully saturated rings. The molecule has 0 saturated heterocycles. The summed E-state index contributed by atoms with van der Waals surface area (Å²) in [4.78, 5) is 24.2. The number of anilines is 2. The van der Waals surface area contributed by atoms with Crippen LogP contribution in [0.1, 0.15) is 21.5 Å². The molecule has 3 aromatic rings. The Kier molecular flexibility index (Phi) is 4.75. The molecule has 0 radical (unpaired) electrons. The summed E-state index contributed by atoms with van der Waals surface area (Å²) in [6.45, 7) is 2.47. The van der Waals surface area contributed by atoms with Crippen LogP contribution in [0.4, 0.5) is 16.2 Å². The van der Waals surface area contributed by atoms with Gasteiger partial charge in [0.15, 0.2) is 0 Å². The van der Waals surface area contributed by atoms with Gasteiger partial charge >= 0.3 is 6.03 Å². The molecule has 0 bridgehead atoms. The Labute approximate surface area is 167 Å². The number of benzene rings is 3. The molecule has 0 unspecified atom stereocenters. The lowest BCUT2D eigenvalue weighted by atomic mass is 9.95. The summed E-state index contributed by atoms with van der Waals surface area (Å²) in [6, 6.07) is 18.2. The molecule has 6 heteroatoms. The maximum atomic E-state index is 12.3. The Morgan fingerprint density at radius 2 is 1.79 bits per heavy atom. The van der Waals surface area contributed by atoms with Crippen LogP contribution in [0.5, 0.6) is 0 Å². The fourth-order valence-electron chi connectivity index (χ4n) is 3.35. The van der Waals surface area contributed by atoms with Gasteiger partial charge in [-0.1, -0.05) is 35.9 Å². The molecule has 1 heterocycles. The van der Waals surface area contributed by atoms with Crippen molar-refractivity contribution >= 4 is 34.9 Å². The Balaban J connectivity index is 1.54. The molecule has 0 aliphatic carbocycles. The Bertz CT molecular complexity index is 1090. The van der Waals surface area contributed by atoms with E-state index >= 15 is 0 Å². The molecular weight excluding hydrogens is 374 g/mol. The number of carbonyl (C=O) groups is 2. The highest BCUT2D eigenvalue weighted by Crippen LogP contribution is 2.31. The van der Waals surface area contributed by atoms with Gasteiger partial charge in [-0.15, -0.1) is 0 Å². The van der Waals surface area contributed by atoms with Crippen molar-refractivity contribution in [1.29, 1.82) is 0 Å². The number of rotatable bonds is 3. The summed E-state index contributed by atoms with van der Waals surface area (Å²) < 4.78 is 0. The molecule has 4 rings (SSSR count). The Hall–Kier alpha value is -3.31. The number of hydrogen-bond donors (Lipinski definition) is 3. The van der Waals surface area contributed by atoms with Gasteiger partial charge < -0.3 is 16.0 Å². The minimum Gasteiger partial charge on any atom is -0.348 e. The third kappa shape index (κ3) is 3.57. The predicted molar refractivity (Wildman–Crippen MR) is 112 cm³/mol. The van der Waals surface area contributed by atoms with Crippen molar-refractivity contribution < 1.29 is 9.59 Å². The lowest BCUT2D eigenvalue weighted by molar-refractivity contribution is 0.0965. The summed E-state index contributed by atoms with van der Waals surface area (Å²) in [5.74, 6) is -0.0375. The largest absolute Gasteiger partial charge is 0.348 e. The van der Waals surface area contributed by atoms with Crippen molar-refractivity contribution in [1.82, 2.24) is 5.32 Å². The van der Waals surface area contributed by atoms with Crippen molar-refractivity contribution in [2.24, 2.45) is 0 Å². The highest BCUT2D eigenvalue weighted by Gasteiger charge is 2.21. The predicted octanol–water partition coefficient (Wildman–Crippen LogP) is 5.20. The molecule has 3 amide bonds. The molecule has 5 nitrogen and oxygen atoms in total. The molecule has 0 aromatic heterocycles. The molecule has 140 valence electrons. The van der Waals surface area contributed by atoms with Crippen molar-refractivity contribution in [2.45, 2.75) is 13.5 Å². The van der Waals surface area contributed by atoms with Crippen LogP contribution in [0.25, 0.3) is 11.1 Å². The first-order valence-electron chi connectivity index (χ1n) is 8.86. The van der Waals surface area contributed by atoms with Crippen molar-refractivity contribution in [3.8, 4) is 11.1 Å². The number of nitrogens with one attached hydrogen (secondary N) is 3. The minimum absolute atomic E-state index is 0.0375. The zero-order valence-corrected chi connectivity index (χ0v) is 15.9. The van der Waals surface area contributed by atoms with Crippen LogP contribution >= 0.6 is 11.6 Å². The third-order valence-corrected chi connectivity index (χ3v) is 4.95. The van der Waals surface area contributed by atoms with Crippen LogP contribution in [0, 0.1) is 6.92 Å². The van der Waals surface area contributed by atoms with Gasteiger partial charge in [0.2, 0.25) is 0 Å². The summed E-state index contributed by atoms with van der Waals surface area (Å²) >= 11 is 5.94. The van der Waals surface area contributed by atoms with Gasteiger partial charge in [0.25, 0.3) is 5.91 Å². The smallest absolute Gasteiger partial charge is 0.323 e. The van der Waals surface area contributed by atoms with E-state index in [0.717, 1.165) is 27.8 Å². The van der Waals surface area contributed by atoms with Crippen LogP contribution in [-0.4, -0.2) is 11.9 Å². The average Bonchev–Trinajstić information content (AvgIpc) is 3.05. The SMILES string of the molecule is Cc1cc(-c2cccc3c2CNC3=O)ccc1NC(=O)Nc1cccc(Cl)c1. The Morgan fingerprint density at radius 3 is 2.57 bits per heavy atom. The lowest BCUT2D eigenvalue weighted by Crippen LogP contribution is -2.19. The summed E-state index contributed by atoms with van der Waals surface area (Å²) in [6.07, 6.45) is 0. The summed E-state index contributed by atoms with van der Waals surface area (Å²) in [5, 5.41) is 9.04. The first kappa shape index (κ1) is 18.1. The molecule has 1 aliphatic heterocycles. The van der Waals surface area contributed by atoms with Gasteiger partial charge in [0.1, 0.15) is 0 Å². The molecule has 3 N–H and O–H groups in total. The van der Waals surface area contributed by atoms with Gasteiger partial charge in [-0.05, 0) is 65.6 Å². The standard InChI is InChI=1S/C22H18ClN3O2/c1-13-10-14(17-6-3-7-18-19(17)12-24-21(18)27)8-9-20(13)26-22(28)25-16-5-2-4-15(23)11-16/h2-11H,12H2,1H3,(H,24,27)(H2,25,26,28). The van der Waals surface area contributed by atoms with E-state index in [-0.39, 0.29) is 11.9 Å². The fraction of sp³-hybridized carbons (Fsp3) is 0.0909. The first-order valence-corrected chi connectivity index (χ1v) is 9.24. The van der Waals surface area contributed by atoms with Crippen LogP contribution in [0.2, 0.25) is 5.02 Å². The number of aryl methyl sites for hydroxylation is 1. The van der Waals surface area contributed by atoms with E-state index in [4.69, 9.17) is 11.6 Å². The van der Waals surface area contributed by atoms with Gasteiger partial charge in [-0.3, -0.25) is 4.79 Å². The highest BCUT2D eigenvalue weighted by molar-refractivity contribution is 6.30. The molecule has 3 aromatic carbocycles. The van der Waals surface area contributed by atoms with Crippen LogP contribution in [0.3, 0.4) is 0 Å². The molecule has 0 spiro atoms. The van der Waals surface area contributed by atoms with E-state index in [1.807, 2.05) is 43.3 Å². The first-order chi connectivity index (χ1) is 13.5. The molecule has 0 atom stereocenters. The fourth-order valence-corrected chi connectivity index (χ4v) is 3.54. The van der Waals surface area contributed by atoms with Gasteiger partial charge in [0, 0.05) is 28.5 Å². The summed E-state index contributed by atoms with van der Waals surface area (Å²) in [5.41, 5.74) is 6.01. The van der Waals surface area contributed by atoms with E-state index < -0.39 is 0 Å². The molecule has 0 saturated carbocycles. The van der Waals surface area contributed by atoms with E-state index in [9.17, 15) is 9.59 Å². The number of carbonyl (C=O) groups excluding carboxylic acids is 2. The topological polar surface area (TPSA) is 70.2 Å². The lowest BCUT2D eigenvalue weighted by Gasteiger charge is -2.13. The van der Waals surface area contributed by atoms with Crippen LogP contribution in [0.15, 0.2) is 60.7 Å². The zero-order chi connectivity index (χ0) is 19.7. The highest BCUT2D eigenvalue weighted by atomic mass is 35.5. The second-order valence-corrected chi connectivity index (χ2v) is 7.07. The summed E-state index contributed by atoms with van der Waals surface area (Å²) in [7, 11) is 0. The van der Waals surface area contributed by atoms with Crippen LogP contribution in [-0.2, 0) is 6.54 Å². The molecule has 1 aliphatic rings. The Morgan fingerprint density at radius 1 is 1.00 bits per heavy atom. The van der Waals surface area contributed by atoms with Crippen molar-refractivity contribution in [3.63, 3.8) is 0 Å². The van der Waals surface area contributed by atoms with Crippen LogP contribution < -0.4 is 16.0 Å². The van der Waals surface area contributed by atoms with E-state index in [1.165, 1.54) is 0 Å². The number of amides is 3. The number of halogens is 1. The monoisotopic (exact) mass is 391 g/mol. The van der Waals surface area contributed by atoms with Gasteiger partial charge in [-0.2, -0.15) is 0 Å². The zero-order valence-electron chi connectivity index (χ0n) is 15.2. The maximum absolute atomic E-state index is 12.3. The van der Waals surface area contributed by atoms with E-state index in [2.05, 4.69) is 16.0 Å². The third-order valence-electron chi connectivity index (χ3n) is 4.71. The quantitative estimate of drug-likeness (QED) is 0.574. The molecule has 28 heavy (non-hydrogen) atoms. The maximum Gasteiger partial charge on any atom is 0.323 e. The minimum atomic E-state index is -0.339. The van der Waals surface area contributed by atoms with Gasteiger partial charge in [0.05, 0.1) is 0 Å². The average molecular weight is 392 g/mol. The van der Waals surface area contributed by atoms with E-state index in [1.54, 1.807) is 24.3 Å². The second kappa shape index (κ2) is 7.37. The molecular formula is C22H18ClN3O2. The van der Waals surface area contributed by atoms with E-state index in [0.29, 0.717) is 22.9 Å².